The van der Waals surface area contributed by atoms with Crippen molar-refractivity contribution in [2.24, 2.45) is 0 Å². The lowest BCUT2D eigenvalue weighted by atomic mass is 10.1. The van der Waals surface area contributed by atoms with Crippen LogP contribution in [0.1, 0.15) is 11.1 Å². The molecule has 160 valence electrons. The molecule has 0 aliphatic heterocycles. The molecule has 9 heteroatoms. The van der Waals surface area contributed by atoms with Crippen LogP contribution in [-0.2, 0) is 14.8 Å². The molecule has 0 spiro atoms. The van der Waals surface area contributed by atoms with Crippen molar-refractivity contribution >= 4 is 33.0 Å². The van der Waals surface area contributed by atoms with Crippen LogP contribution in [0.2, 0.25) is 0 Å². The zero-order valence-corrected chi connectivity index (χ0v) is 17.8. The summed E-state index contributed by atoms with van der Waals surface area (Å²) in [6.07, 6.45) is 0. The predicted octanol–water partition coefficient (Wildman–Crippen LogP) is 4.05. The number of rotatable bonds is 7. The summed E-state index contributed by atoms with van der Waals surface area (Å²) in [5.74, 6) is -0.571. The largest absolute Gasteiger partial charge is 0.324 e. The van der Waals surface area contributed by atoms with Gasteiger partial charge in [0.15, 0.2) is 4.90 Å². The van der Waals surface area contributed by atoms with Gasteiger partial charge in [-0.3, -0.25) is 19.2 Å². The van der Waals surface area contributed by atoms with Crippen LogP contribution >= 0.6 is 0 Å². The monoisotopic (exact) mass is 439 g/mol. The number of aryl methyl sites for hydroxylation is 2. The van der Waals surface area contributed by atoms with Gasteiger partial charge < -0.3 is 5.32 Å². The zero-order valence-electron chi connectivity index (χ0n) is 17.0. The van der Waals surface area contributed by atoms with Gasteiger partial charge in [0.25, 0.3) is 15.7 Å². The van der Waals surface area contributed by atoms with E-state index in [9.17, 15) is 23.3 Å². The number of carbonyl (C=O) groups excluding carboxylic acids is 1. The first-order valence-corrected chi connectivity index (χ1v) is 10.8. The van der Waals surface area contributed by atoms with Crippen LogP contribution in [0.5, 0.6) is 0 Å². The molecule has 8 nitrogen and oxygen atoms in total. The van der Waals surface area contributed by atoms with Crippen LogP contribution in [0.25, 0.3) is 0 Å². The highest BCUT2D eigenvalue weighted by Gasteiger charge is 2.33. The van der Waals surface area contributed by atoms with Crippen molar-refractivity contribution in [1.82, 2.24) is 0 Å². The number of sulfonamides is 1. The molecule has 1 amide bonds. The smallest absolute Gasteiger partial charge is 0.289 e. The Labute approximate surface area is 180 Å². The molecule has 0 unspecified atom stereocenters. The second-order valence-electron chi connectivity index (χ2n) is 6.94. The van der Waals surface area contributed by atoms with E-state index in [1.54, 1.807) is 24.3 Å². The van der Waals surface area contributed by atoms with Gasteiger partial charge in [0.2, 0.25) is 5.91 Å². The average Bonchev–Trinajstić information content (AvgIpc) is 2.74. The molecule has 0 aliphatic carbocycles. The maximum atomic E-state index is 13.4. The molecule has 1 N–H and O–H groups in total. The lowest BCUT2D eigenvalue weighted by molar-refractivity contribution is -0.387. The normalized spacial score (nSPS) is 11.0. The van der Waals surface area contributed by atoms with Crippen molar-refractivity contribution in [2.75, 3.05) is 16.2 Å². The van der Waals surface area contributed by atoms with Gasteiger partial charge in [-0.05, 0) is 43.7 Å². The van der Waals surface area contributed by atoms with Crippen LogP contribution in [0.3, 0.4) is 0 Å². The Morgan fingerprint density at radius 1 is 1.00 bits per heavy atom. The highest BCUT2D eigenvalue weighted by atomic mass is 32.2. The molecule has 3 aromatic rings. The van der Waals surface area contributed by atoms with E-state index in [2.05, 4.69) is 5.32 Å². The van der Waals surface area contributed by atoms with Gasteiger partial charge in [0, 0.05) is 11.8 Å². The third-order valence-corrected chi connectivity index (χ3v) is 6.44. The number of amides is 1. The molecular weight excluding hydrogens is 418 g/mol. The number of para-hydroxylation sites is 2. The fourth-order valence-electron chi connectivity index (χ4n) is 3.13. The average molecular weight is 439 g/mol. The Morgan fingerprint density at radius 2 is 1.65 bits per heavy atom. The highest BCUT2D eigenvalue weighted by molar-refractivity contribution is 7.93. The molecule has 0 saturated carbocycles. The quantitative estimate of drug-likeness (QED) is 0.441. The summed E-state index contributed by atoms with van der Waals surface area (Å²) in [6, 6.07) is 18.5. The molecule has 0 fully saturated rings. The van der Waals surface area contributed by atoms with Gasteiger partial charge in [-0.25, -0.2) is 8.42 Å². The minimum Gasteiger partial charge on any atom is -0.324 e. The minimum atomic E-state index is -4.40. The number of carbonyl (C=O) groups is 1. The summed E-state index contributed by atoms with van der Waals surface area (Å²) in [5, 5.41) is 14.1. The van der Waals surface area contributed by atoms with Crippen LogP contribution in [-0.4, -0.2) is 25.8 Å². The third-order valence-electron chi connectivity index (χ3n) is 4.62. The van der Waals surface area contributed by atoms with Gasteiger partial charge in [-0.2, -0.15) is 0 Å². The van der Waals surface area contributed by atoms with E-state index in [0.29, 0.717) is 5.69 Å². The topological polar surface area (TPSA) is 110 Å². The maximum Gasteiger partial charge on any atom is 0.289 e. The summed E-state index contributed by atoms with van der Waals surface area (Å²) in [7, 11) is -4.40. The van der Waals surface area contributed by atoms with Gasteiger partial charge in [-0.1, -0.05) is 48.0 Å². The van der Waals surface area contributed by atoms with Gasteiger partial charge >= 0.3 is 0 Å². The standard InChI is InChI=1S/C22H21N3O5S/c1-16-12-13-19(17(2)14-16)23-22(26)15-24(18-8-4-3-5-9-18)31(29,30)21-11-7-6-10-20(21)25(27)28/h3-14H,15H2,1-2H3,(H,23,26). The highest BCUT2D eigenvalue weighted by Crippen LogP contribution is 2.29. The van der Waals surface area contributed by atoms with Crippen molar-refractivity contribution < 1.29 is 18.1 Å². The number of hydrogen-bond acceptors (Lipinski definition) is 5. The van der Waals surface area contributed by atoms with Crippen LogP contribution in [0.15, 0.2) is 77.7 Å². The number of hydrogen-bond donors (Lipinski definition) is 1. The number of nitrogens with one attached hydrogen (secondary N) is 1. The molecule has 0 bridgehead atoms. The van der Waals surface area contributed by atoms with Crippen molar-refractivity contribution in [3.05, 3.63) is 94.0 Å². The van der Waals surface area contributed by atoms with E-state index in [4.69, 9.17) is 0 Å². The number of benzene rings is 3. The Balaban J connectivity index is 2.00. The second-order valence-corrected chi connectivity index (χ2v) is 8.77. The molecule has 0 atom stereocenters. The summed E-state index contributed by atoms with van der Waals surface area (Å²) in [4.78, 5) is 22.9. The number of nitro benzene ring substituents is 1. The van der Waals surface area contributed by atoms with Crippen molar-refractivity contribution in [3.8, 4) is 0 Å². The van der Waals surface area contributed by atoms with E-state index >= 15 is 0 Å². The van der Waals surface area contributed by atoms with Gasteiger partial charge in [0.1, 0.15) is 6.54 Å². The number of anilines is 2. The van der Waals surface area contributed by atoms with E-state index in [0.717, 1.165) is 27.6 Å². The maximum absolute atomic E-state index is 13.4. The Bertz CT molecular complexity index is 1230. The SMILES string of the molecule is Cc1ccc(NC(=O)CN(c2ccccc2)S(=O)(=O)c2ccccc2[N+](=O)[O-])c(C)c1. The first kappa shape index (κ1) is 22.0. The molecule has 0 saturated heterocycles. The number of nitro groups is 1. The molecule has 0 heterocycles. The van der Waals surface area contributed by atoms with E-state index in [1.807, 2.05) is 26.0 Å². The molecule has 0 aliphatic rings. The first-order valence-electron chi connectivity index (χ1n) is 9.38. The fraction of sp³-hybridized carbons (Fsp3) is 0.136. The van der Waals surface area contributed by atoms with Crippen molar-refractivity contribution in [3.63, 3.8) is 0 Å². The third kappa shape index (κ3) is 4.89. The minimum absolute atomic E-state index is 0.219. The Hall–Kier alpha value is -3.72. The molecule has 3 aromatic carbocycles. The van der Waals surface area contributed by atoms with Crippen molar-refractivity contribution in [1.29, 1.82) is 0 Å². The molecule has 31 heavy (non-hydrogen) atoms. The lowest BCUT2D eigenvalue weighted by Crippen LogP contribution is -2.38. The lowest BCUT2D eigenvalue weighted by Gasteiger charge is -2.24. The van der Waals surface area contributed by atoms with Crippen LogP contribution < -0.4 is 9.62 Å². The molecule has 0 radical (unpaired) electrons. The Kier molecular flexibility index (Phi) is 6.36. The van der Waals surface area contributed by atoms with Crippen LogP contribution in [0.4, 0.5) is 17.1 Å². The summed E-state index contributed by atoms with van der Waals surface area (Å²) in [6.45, 7) is 3.21. The van der Waals surface area contributed by atoms with Gasteiger partial charge in [-0.15, -0.1) is 0 Å². The summed E-state index contributed by atoms with van der Waals surface area (Å²) >= 11 is 0. The van der Waals surface area contributed by atoms with E-state index < -0.39 is 38.0 Å². The van der Waals surface area contributed by atoms with Crippen molar-refractivity contribution in [2.45, 2.75) is 18.7 Å². The van der Waals surface area contributed by atoms with E-state index in [1.165, 1.54) is 24.3 Å². The summed E-state index contributed by atoms with van der Waals surface area (Å²) < 4.78 is 27.7. The first-order chi connectivity index (χ1) is 14.7. The summed E-state index contributed by atoms with van der Waals surface area (Å²) in [5.41, 5.74) is 2.09. The van der Waals surface area contributed by atoms with Crippen LogP contribution in [0, 0.1) is 24.0 Å². The Morgan fingerprint density at radius 3 is 2.29 bits per heavy atom. The molecule has 0 aromatic heterocycles. The van der Waals surface area contributed by atoms with E-state index in [-0.39, 0.29) is 5.69 Å². The second kappa shape index (κ2) is 8.97. The zero-order chi connectivity index (χ0) is 22.6. The molecular formula is C22H21N3O5S. The fourth-order valence-corrected chi connectivity index (χ4v) is 4.71. The van der Waals surface area contributed by atoms with Gasteiger partial charge in [0.05, 0.1) is 10.6 Å². The molecule has 3 rings (SSSR count). The predicted molar refractivity (Wildman–Crippen MR) is 119 cm³/mol. The number of nitrogens with zero attached hydrogens (tertiary/aromatic N) is 2.